The van der Waals surface area contributed by atoms with Crippen LogP contribution in [0.1, 0.15) is 96.1 Å². The molecule has 2 aromatic heterocycles. The van der Waals surface area contributed by atoms with Gasteiger partial charge in [-0.25, -0.2) is 14.4 Å². The number of ether oxygens (including phenoxy) is 6. The second kappa shape index (κ2) is 25.0. The number of aryl methyl sites for hydroxylation is 2. The van der Waals surface area contributed by atoms with Crippen LogP contribution in [-0.4, -0.2) is 56.4 Å². The fourth-order valence-corrected chi connectivity index (χ4v) is 9.22. The highest BCUT2D eigenvalue weighted by Gasteiger charge is 2.55. The maximum atomic E-state index is 14.7. The topological polar surface area (TPSA) is 133 Å². The minimum absolute atomic E-state index is 0.0207. The lowest BCUT2D eigenvalue weighted by atomic mass is 10.00. The number of unbranched alkanes of at least 4 members (excludes halogenated alkanes) is 4. The van der Waals surface area contributed by atoms with E-state index in [1.165, 1.54) is 79.7 Å². The van der Waals surface area contributed by atoms with E-state index < -0.39 is 71.9 Å². The Morgan fingerprint density at radius 1 is 0.610 bits per heavy atom. The average molecular weight is 1090 g/mol. The Bertz CT molecular complexity index is 2960. The first-order valence-corrected chi connectivity index (χ1v) is 25.3. The molecule has 0 amide bonds. The minimum Gasteiger partial charge on any atom is -0.493 e. The highest BCUT2D eigenvalue weighted by Crippen LogP contribution is 2.44. The van der Waals surface area contributed by atoms with Gasteiger partial charge in [-0.1, -0.05) is 70.4 Å². The number of hydrogen-bond donors (Lipinski definition) is 0. The van der Waals surface area contributed by atoms with Gasteiger partial charge in [0.25, 0.3) is 0 Å². The molecule has 0 spiro atoms. The van der Waals surface area contributed by atoms with E-state index in [1.807, 2.05) is 13.8 Å². The van der Waals surface area contributed by atoms with Crippen molar-refractivity contribution in [2.24, 2.45) is 5.92 Å². The highest BCUT2D eigenvalue weighted by atomic mass is 19.4. The molecule has 0 radical (unpaired) electrons. The summed E-state index contributed by atoms with van der Waals surface area (Å²) in [6.07, 6.45) is -13.1. The Morgan fingerprint density at radius 2 is 1.06 bits per heavy atom. The number of carbonyl (C=O) groups excluding carboxylic acids is 1. The smallest absolute Gasteiger partial charge is 0.493 e. The van der Waals surface area contributed by atoms with Gasteiger partial charge in [0.2, 0.25) is 0 Å². The normalized spacial score (nSPS) is 16.0. The summed E-state index contributed by atoms with van der Waals surface area (Å²) in [7, 11) is 0. The monoisotopic (exact) mass is 1090 g/mol. The Labute approximate surface area is 436 Å². The van der Waals surface area contributed by atoms with Gasteiger partial charge in [-0.15, -0.1) is 26.3 Å². The van der Waals surface area contributed by atoms with E-state index in [0.717, 1.165) is 38.5 Å². The largest absolute Gasteiger partial charge is 0.573 e. The maximum Gasteiger partial charge on any atom is 0.573 e. The quantitative estimate of drug-likeness (QED) is 0.0189. The molecule has 0 aliphatic heterocycles. The Kier molecular flexibility index (Phi) is 18.8. The molecule has 20 heteroatoms. The standard InChI is InChI=1S/C57H57F9O11/c1-5-7-9-11-34-13-19-41(49(27-34)76-56(61,62)63)43-29-36-15-17-39(31-47(36)74-53(43)68)70-25-23-38(72-45-21-22-46(51(45)55(58,59)60)73-52(67)33(3)4)24-26-71-40-18-16-37-30-44(54(69)75-48(37)32-40)42-20-14-35(12-10-8-6-2)28-50(42)77-57(64,65)66/h13-20,27-32,38,45-46,51H,3,5-12,21-26H2,1-2,4H3. The predicted molar refractivity (Wildman–Crippen MR) is 268 cm³/mol. The number of esters is 1. The summed E-state index contributed by atoms with van der Waals surface area (Å²) in [4.78, 5) is 39.0. The molecule has 0 saturated heterocycles. The molecular formula is C57H57F9O11. The molecule has 0 bridgehead atoms. The van der Waals surface area contributed by atoms with Crippen LogP contribution in [0.15, 0.2) is 116 Å². The second-order valence-corrected chi connectivity index (χ2v) is 18.9. The van der Waals surface area contributed by atoms with Crippen LogP contribution in [0.25, 0.3) is 44.2 Å². The van der Waals surface area contributed by atoms with Crippen LogP contribution in [0, 0.1) is 5.92 Å². The third kappa shape index (κ3) is 15.8. The first kappa shape index (κ1) is 57.7. The molecule has 3 unspecified atom stereocenters. The molecule has 414 valence electrons. The summed E-state index contributed by atoms with van der Waals surface area (Å²) in [5.74, 6) is -3.93. The van der Waals surface area contributed by atoms with Gasteiger partial charge in [-0.05, 0) is 105 Å². The third-order valence-electron chi connectivity index (χ3n) is 13.0. The summed E-state index contributed by atoms with van der Waals surface area (Å²) in [6.45, 7) is 8.46. The molecule has 3 atom stereocenters. The molecule has 4 aromatic carbocycles. The van der Waals surface area contributed by atoms with Crippen LogP contribution < -0.4 is 30.2 Å². The second-order valence-electron chi connectivity index (χ2n) is 18.9. The van der Waals surface area contributed by atoms with E-state index in [9.17, 15) is 53.9 Å². The number of fused-ring (bicyclic) bond motifs is 2. The van der Waals surface area contributed by atoms with E-state index in [1.54, 1.807) is 12.1 Å². The third-order valence-corrected chi connectivity index (χ3v) is 13.0. The van der Waals surface area contributed by atoms with Gasteiger partial charge in [0, 0.05) is 52.4 Å². The number of alkyl halides is 9. The van der Waals surface area contributed by atoms with Crippen molar-refractivity contribution in [1.29, 1.82) is 0 Å². The van der Waals surface area contributed by atoms with Crippen molar-refractivity contribution in [3.63, 3.8) is 0 Å². The molecule has 6 aromatic rings. The van der Waals surface area contributed by atoms with Crippen LogP contribution in [0.4, 0.5) is 39.5 Å². The predicted octanol–water partition coefficient (Wildman–Crippen LogP) is 14.9. The van der Waals surface area contributed by atoms with Gasteiger partial charge in [0.15, 0.2) is 0 Å². The zero-order chi connectivity index (χ0) is 55.7. The van der Waals surface area contributed by atoms with Crippen LogP contribution in [-0.2, 0) is 27.1 Å². The number of carbonyl (C=O) groups is 1. The summed E-state index contributed by atoms with van der Waals surface area (Å²) >= 11 is 0. The molecule has 2 heterocycles. The van der Waals surface area contributed by atoms with Crippen LogP contribution >= 0.6 is 0 Å². The van der Waals surface area contributed by atoms with Gasteiger partial charge >= 0.3 is 36.1 Å². The SMILES string of the molecule is C=C(C)C(=O)OC1CCC(OC(CCOc2ccc3cc(-c4ccc(CCCCC)cc4OC(F)(F)F)c(=O)oc3c2)CCOc2ccc3cc(-c4ccc(CCCCC)cc4OC(F)(F)F)c(=O)oc3c2)C1C(F)(F)F. The van der Waals surface area contributed by atoms with Crippen molar-refractivity contribution in [1.82, 2.24) is 0 Å². The maximum absolute atomic E-state index is 14.7. The van der Waals surface area contributed by atoms with Crippen molar-refractivity contribution in [2.45, 2.75) is 135 Å². The van der Waals surface area contributed by atoms with E-state index in [-0.39, 0.29) is 89.4 Å². The molecule has 0 N–H and O–H groups in total. The lowest BCUT2D eigenvalue weighted by Gasteiger charge is -2.30. The van der Waals surface area contributed by atoms with E-state index in [4.69, 9.17) is 27.8 Å². The highest BCUT2D eigenvalue weighted by molar-refractivity contribution is 5.87. The molecule has 7 rings (SSSR count). The zero-order valence-corrected chi connectivity index (χ0v) is 42.4. The fourth-order valence-electron chi connectivity index (χ4n) is 9.22. The number of rotatable bonds is 24. The lowest BCUT2D eigenvalue weighted by molar-refractivity contribution is -0.275. The van der Waals surface area contributed by atoms with Gasteiger partial charge in [-0.3, -0.25) is 0 Å². The fraction of sp³-hybridized carbons (Fsp3) is 0.421. The lowest BCUT2D eigenvalue weighted by Crippen LogP contribution is -2.42. The Balaban J connectivity index is 1.08. The first-order valence-electron chi connectivity index (χ1n) is 25.3. The van der Waals surface area contributed by atoms with Crippen molar-refractivity contribution >= 4 is 27.9 Å². The Morgan fingerprint density at radius 3 is 1.48 bits per heavy atom. The van der Waals surface area contributed by atoms with E-state index >= 15 is 0 Å². The molecule has 11 nitrogen and oxygen atoms in total. The van der Waals surface area contributed by atoms with Crippen molar-refractivity contribution < 1.29 is 81.6 Å². The molecular weight excluding hydrogens is 1030 g/mol. The first-order chi connectivity index (χ1) is 36.5. The molecule has 1 aliphatic rings. The van der Waals surface area contributed by atoms with Gasteiger partial charge < -0.3 is 37.3 Å². The molecule has 1 aliphatic carbocycles. The Hall–Kier alpha value is -6.96. The van der Waals surface area contributed by atoms with Crippen molar-refractivity contribution in [3.8, 4) is 45.3 Å². The van der Waals surface area contributed by atoms with Crippen LogP contribution in [0.2, 0.25) is 0 Å². The van der Waals surface area contributed by atoms with E-state index in [2.05, 4.69) is 16.1 Å². The summed E-state index contributed by atoms with van der Waals surface area (Å²) in [5.41, 5.74) is -1.35. The van der Waals surface area contributed by atoms with E-state index in [0.29, 0.717) is 34.7 Å². The number of hydrogen-bond acceptors (Lipinski definition) is 11. The van der Waals surface area contributed by atoms with Gasteiger partial charge in [-0.2, -0.15) is 13.2 Å². The summed E-state index contributed by atoms with van der Waals surface area (Å²) in [5, 5.41) is 0.662. The van der Waals surface area contributed by atoms with Gasteiger partial charge in [0.1, 0.15) is 46.2 Å². The van der Waals surface area contributed by atoms with Crippen molar-refractivity contribution in [2.75, 3.05) is 13.2 Å². The average Bonchev–Trinajstić information content (AvgIpc) is 3.76. The zero-order valence-electron chi connectivity index (χ0n) is 42.4. The summed E-state index contributed by atoms with van der Waals surface area (Å²) in [6, 6.07) is 20.1. The summed E-state index contributed by atoms with van der Waals surface area (Å²) < 4.78 is 168. The van der Waals surface area contributed by atoms with Crippen LogP contribution in [0.5, 0.6) is 23.0 Å². The number of halogens is 9. The minimum atomic E-state index is -5.04. The molecule has 77 heavy (non-hydrogen) atoms. The number of benzene rings is 4. The van der Waals surface area contributed by atoms with Crippen LogP contribution in [0.3, 0.4) is 0 Å². The van der Waals surface area contributed by atoms with Crippen molar-refractivity contribution in [3.05, 3.63) is 129 Å². The molecule has 1 saturated carbocycles. The van der Waals surface area contributed by atoms with Gasteiger partial charge in [0.05, 0.1) is 36.5 Å². The molecule has 1 fully saturated rings.